The highest BCUT2D eigenvalue weighted by Gasteiger charge is 2.37. The number of benzene rings is 2. The van der Waals surface area contributed by atoms with Crippen molar-refractivity contribution in [3.05, 3.63) is 42.5 Å². The van der Waals surface area contributed by atoms with Gasteiger partial charge in [-0.15, -0.1) is 0 Å². The molecular weight excluding hydrogens is 314 g/mol. The van der Waals surface area contributed by atoms with Gasteiger partial charge in [-0.2, -0.15) is 0 Å². The fourth-order valence-corrected chi connectivity index (χ4v) is 4.32. The van der Waals surface area contributed by atoms with Crippen molar-refractivity contribution < 1.29 is 14.6 Å². The third-order valence-electron chi connectivity index (χ3n) is 5.66. The van der Waals surface area contributed by atoms with Crippen LogP contribution in [0.2, 0.25) is 0 Å². The van der Waals surface area contributed by atoms with E-state index in [0.29, 0.717) is 25.9 Å². The van der Waals surface area contributed by atoms with Gasteiger partial charge in [0.25, 0.3) is 0 Å². The monoisotopic (exact) mass is 341 g/mol. The highest BCUT2D eigenvalue weighted by molar-refractivity contribution is 5.88. The van der Waals surface area contributed by atoms with Gasteiger partial charge in [0.05, 0.1) is 12.7 Å². The molecule has 2 saturated heterocycles. The summed E-state index contributed by atoms with van der Waals surface area (Å²) < 4.78 is 11.7. The fraction of sp³-hybridized carbons (Fsp3) is 0.524. The number of hydrogen-bond donors (Lipinski definition) is 1. The lowest BCUT2D eigenvalue weighted by atomic mass is 9.89. The molecule has 0 spiro atoms. The molecule has 134 valence electrons. The van der Waals surface area contributed by atoms with Crippen LogP contribution in [0.4, 0.5) is 0 Å². The van der Waals surface area contributed by atoms with E-state index in [2.05, 4.69) is 35.2 Å². The third-order valence-corrected chi connectivity index (χ3v) is 5.66. The zero-order valence-electron chi connectivity index (χ0n) is 14.6. The summed E-state index contributed by atoms with van der Waals surface area (Å²) in [5.41, 5.74) is 0. The smallest absolute Gasteiger partial charge is 0.127 e. The van der Waals surface area contributed by atoms with Gasteiger partial charge in [0.1, 0.15) is 12.4 Å². The number of nitrogens with zero attached hydrogens (tertiary/aromatic N) is 1. The molecule has 0 saturated carbocycles. The molecule has 2 aromatic carbocycles. The van der Waals surface area contributed by atoms with Crippen LogP contribution in [0.1, 0.15) is 19.3 Å². The van der Waals surface area contributed by atoms with Crippen molar-refractivity contribution in [1.82, 2.24) is 4.90 Å². The highest BCUT2D eigenvalue weighted by Crippen LogP contribution is 2.30. The van der Waals surface area contributed by atoms with E-state index in [1.165, 1.54) is 17.2 Å². The van der Waals surface area contributed by atoms with E-state index >= 15 is 0 Å². The van der Waals surface area contributed by atoms with Gasteiger partial charge in [-0.3, -0.25) is 4.90 Å². The van der Waals surface area contributed by atoms with E-state index in [0.717, 1.165) is 31.7 Å². The molecule has 2 heterocycles. The summed E-state index contributed by atoms with van der Waals surface area (Å²) in [6.45, 7) is 4.04. The van der Waals surface area contributed by atoms with Crippen LogP contribution in [0.15, 0.2) is 42.5 Å². The van der Waals surface area contributed by atoms with Gasteiger partial charge >= 0.3 is 0 Å². The molecule has 4 heteroatoms. The fourth-order valence-electron chi connectivity index (χ4n) is 4.32. The number of ether oxygens (including phenoxy) is 2. The van der Waals surface area contributed by atoms with Crippen LogP contribution in [0.3, 0.4) is 0 Å². The average Bonchev–Trinajstić information content (AvgIpc) is 3.11. The number of fused-ring (bicyclic) bond motifs is 1. The summed E-state index contributed by atoms with van der Waals surface area (Å²) in [5.74, 6) is 1.20. The van der Waals surface area contributed by atoms with E-state index in [-0.39, 0.29) is 12.0 Å². The zero-order chi connectivity index (χ0) is 17.1. The molecule has 2 fully saturated rings. The molecule has 4 nitrogen and oxygen atoms in total. The summed E-state index contributed by atoms with van der Waals surface area (Å²) in [7, 11) is 0. The highest BCUT2D eigenvalue weighted by atomic mass is 16.5. The first-order chi connectivity index (χ1) is 12.3. The third kappa shape index (κ3) is 3.66. The Bertz CT molecular complexity index is 699. The van der Waals surface area contributed by atoms with Crippen LogP contribution < -0.4 is 4.74 Å². The Morgan fingerprint density at radius 1 is 1.12 bits per heavy atom. The van der Waals surface area contributed by atoms with E-state index in [4.69, 9.17) is 9.47 Å². The Morgan fingerprint density at radius 2 is 2.00 bits per heavy atom. The number of likely N-dealkylation sites (tertiary alicyclic amines) is 1. The standard InChI is InChI=1S/C21H27NO3/c23-20-10-13-24-15-18(20)19-8-4-11-22(19)12-14-25-21-9-3-6-16-5-1-2-7-17(16)21/h1-3,5-7,9,18-20,23H,4,8,10-15H2/t18-,19-,20+/m0/s1. The van der Waals surface area contributed by atoms with Crippen LogP contribution in [0.25, 0.3) is 10.8 Å². The Labute approximate surface area is 149 Å². The molecule has 0 radical (unpaired) electrons. The lowest BCUT2D eigenvalue weighted by Crippen LogP contribution is -2.47. The quantitative estimate of drug-likeness (QED) is 0.907. The first-order valence-corrected chi connectivity index (χ1v) is 9.43. The van der Waals surface area contributed by atoms with E-state index in [1.54, 1.807) is 0 Å². The van der Waals surface area contributed by atoms with Crippen LogP contribution in [-0.2, 0) is 4.74 Å². The normalized spacial score (nSPS) is 27.6. The molecule has 2 aromatic rings. The number of aliphatic hydroxyl groups is 1. The van der Waals surface area contributed by atoms with Crippen LogP contribution in [-0.4, -0.2) is 55.1 Å². The molecule has 3 atom stereocenters. The second kappa shape index (κ2) is 7.73. The van der Waals surface area contributed by atoms with Gasteiger partial charge in [-0.05, 0) is 37.3 Å². The number of hydrogen-bond acceptors (Lipinski definition) is 4. The van der Waals surface area contributed by atoms with Gasteiger partial charge in [0.15, 0.2) is 0 Å². The maximum Gasteiger partial charge on any atom is 0.127 e. The molecular formula is C21H27NO3. The molecule has 0 aromatic heterocycles. The molecule has 4 rings (SSSR count). The van der Waals surface area contributed by atoms with Gasteiger partial charge in [-0.25, -0.2) is 0 Å². The molecule has 25 heavy (non-hydrogen) atoms. The van der Waals surface area contributed by atoms with Crippen molar-refractivity contribution in [3.8, 4) is 5.75 Å². The van der Waals surface area contributed by atoms with Gasteiger partial charge in [-0.1, -0.05) is 36.4 Å². The van der Waals surface area contributed by atoms with E-state index < -0.39 is 0 Å². The number of aliphatic hydroxyl groups excluding tert-OH is 1. The van der Waals surface area contributed by atoms with E-state index in [9.17, 15) is 5.11 Å². The van der Waals surface area contributed by atoms with Crippen molar-refractivity contribution in [2.75, 3.05) is 32.9 Å². The Morgan fingerprint density at radius 3 is 2.92 bits per heavy atom. The largest absolute Gasteiger partial charge is 0.492 e. The Hall–Kier alpha value is -1.62. The van der Waals surface area contributed by atoms with Gasteiger partial charge in [0, 0.05) is 30.5 Å². The number of rotatable bonds is 5. The Kier molecular flexibility index (Phi) is 5.20. The maximum absolute atomic E-state index is 10.3. The van der Waals surface area contributed by atoms with Crippen LogP contribution in [0, 0.1) is 5.92 Å². The van der Waals surface area contributed by atoms with E-state index in [1.807, 2.05) is 12.1 Å². The summed E-state index contributed by atoms with van der Waals surface area (Å²) >= 11 is 0. The predicted molar refractivity (Wildman–Crippen MR) is 99.0 cm³/mol. The molecule has 0 bridgehead atoms. The van der Waals surface area contributed by atoms with Gasteiger partial charge in [0.2, 0.25) is 0 Å². The topological polar surface area (TPSA) is 41.9 Å². The first kappa shape index (κ1) is 16.8. The van der Waals surface area contributed by atoms with Crippen molar-refractivity contribution in [1.29, 1.82) is 0 Å². The summed E-state index contributed by atoms with van der Waals surface area (Å²) in [5, 5.41) is 12.7. The SMILES string of the molecule is O[C@@H]1CCOC[C@H]1[C@@H]1CCCN1CCOc1cccc2ccccc12. The molecule has 0 aliphatic carbocycles. The lowest BCUT2D eigenvalue weighted by molar-refractivity contribution is -0.0634. The minimum atomic E-state index is -0.224. The molecule has 1 N–H and O–H groups in total. The van der Waals surface area contributed by atoms with Crippen molar-refractivity contribution in [3.63, 3.8) is 0 Å². The minimum Gasteiger partial charge on any atom is -0.492 e. The summed E-state index contributed by atoms with van der Waals surface area (Å²) in [4.78, 5) is 2.48. The second-order valence-corrected chi connectivity index (χ2v) is 7.17. The Balaban J connectivity index is 1.37. The first-order valence-electron chi connectivity index (χ1n) is 9.43. The zero-order valence-corrected chi connectivity index (χ0v) is 14.6. The maximum atomic E-state index is 10.3. The molecule has 0 amide bonds. The van der Waals surface area contributed by atoms with Gasteiger partial charge < -0.3 is 14.6 Å². The molecule has 2 aliphatic heterocycles. The van der Waals surface area contributed by atoms with Crippen molar-refractivity contribution >= 4 is 10.8 Å². The van der Waals surface area contributed by atoms with Crippen LogP contribution >= 0.6 is 0 Å². The minimum absolute atomic E-state index is 0.224. The summed E-state index contributed by atoms with van der Waals surface area (Å²) in [6.07, 6.45) is 2.89. The second-order valence-electron chi connectivity index (χ2n) is 7.17. The molecule has 2 aliphatic rings. The van der Waals surface area contributed by atoms with Crippen LogP contribution in [0.5, 0.6) is 5.75 Å². The average molecular weight is 341 g/mol. The predicted octanol–water partition coefficient (Wildman–Crippen LogP) is 3.08. The van der Waals surface area contributed by atoms with Crippen molar-refractivity contribution in [2.45, 2.75) is 31.4 Å². The van der Waals surface area contributed by atoms with Crippen molar-refractivity contribution in [2.24, 2.45) is 5.92 Å². The lowest BCUT2D eigenvalue weighted by Gasteiger charge is -2.37. The summed E-state index contributed by atoms with van der Waals surface area (Å²) in [6, 6.07) is 15.0. The molecule has 0 unspecified atom stereocenters.